The number of carbonyl (C=O) groups is 3. The minimum absolute atomic E-state index is 0.00897. The highest BCUT2D eigenvalue weighted by Gasteiger charge is 2.64. The fraction of sp³-hybridized carbons (Fsp3) is 0.786. The standard InChI is InChI=1S/C42H66N2O5/c1-29(2)13-11-23-41(4)35-19-18-32-33(40(35,3)25-21-36(41)45)20-26-42(24-12-16-34(32)42)39(49)44-28-22-30-14-8-9-15-31(30)38(48)43-27-10-6-5-7-17-37(46)47/h8-9,14-15,29,32-36,45H,5-7,10-13,16-28H2,1-4H3,(H,43,48)(H,44,49)(H,46,47). The molecule has 4 aliphatic rings. The number of aliphatic hydroxyl groups is 1. The Morgan fingerprint density at radius 2 is 1.63 bits per heavy atom. The lowest BCUT2D eigenvalue weighted by atomic mass is 9.40. The summed E-state index contributed by atoms with van der Waals surface area (Å²) in [5, 5.41) is 26.6. The molecular weight excluding hydrogens is 612 g/mol. The first kappa shape index (κ1) is 37.8. The van der Waals surface area contributed by atoms with E-state index in [9.17, 15) is 19.5 Å². The Labute approximate surface area is 296 Å². The van der Waals surface area contributed by atoms with Gasteiger partial charge in [0.2, 0.25) is 5.91 Å². The number of hydrogen-bond donors (Lipinski definition) is 4. The van der Waals surface area contributed by atoms with Crippen LogP contribution in [0.3, 0.4) is 0 Å². The molecule has 274 valence electrons. The van der Waals surface area contributed by atoms with E-state index in [1.807, 2.05) is 24.3 Å². The number of rotatable bonds is 16. The molecular formula is C42H66N2O5. The molecule has 7 nitrogen and oxygen atoms in total. The van der Waals surface area contributed by atoms with E-state index in [2.05, 4.69) is 38.3 Å². The van der Waals surface area contributed by atoms with Gasteiger partial charge in [-0.05, 0) is 129 Å². The van der Waals surface area contributed by atoms with Crippen molar-refractivity contribution >= 4 is 17.8 Å². The molecule has 1 aromatic rings. The van der Waals surface area contributed by atoms with E-state index in [4.69, 9.17) is 5.11 Å². The number of amides is 2. The normalized spacial score (nSPS) is 33.7. The van der Waals surface area contributed by atoms with Crippen LogP contribution in [-0.4, -0.2) is 47.2 Å². The van der Waals surface area contributed by atoms with E-state index in [0.717, 1.165) is 76.2 Å². The minimum atomic E-state index is -0.759. The summed E-state index contributed by atoms with van der Waals surface area (Å²) in [4.78, 5) is 37.9. The Balaban J connectivity index is 1.17. The fourth-order valence-electron chi connectivity index (χ4n) is 11.7. The first-order valence-corrected chi connectivity index (χ1v) is 20.0. The second-order valence-corrected chi connectivity index (χ2v) is 17.4. The highest BCUT2D eigenvalue weighted by atomic mass is 16.4. The van der Waals surface area contributed by atoms with Gasteiger partial charge in [0.15, 0.2) is 0 Å². The molecule has 4 N–H and O–H groups in total. The van der Waals surface area contributed by atoms with Crippen LogP contribution in [-0.2, 0) is 16.0 Å². The molecule has 0 bridgehead atoms. The van der Waals surface area contributed by atoms with Gasteiger partial charge in [-0.2, -0.15) is 0 Å². The quantitative estimate of drug-likeness (QED) is 0.131. The van der Waals surface area contributed by atoms with Crippen molar-refractivity contribution in [2.45, 2.75) is 149 Å². The topological polar surface area (TPSA) is 116 Å². The maximum atomic E-state index is 14.2. The predicted octanol–water partition coefficient (Wildman–Crippen LogP) is 8.33. The van der Waals surface area contributed by atoms with Crippen molar-refractivity contribution < 1.29 is 24.6 Å². The van der Waals surface area contributed by atoms with Gasteiger partial charge in [-0.3, -0.25) is 14.4 Å². The number of fused-ring (bicyclic) bond motifs is 5. The molecule has 0 radical (unpaired) electrons. The van der Waals surface area contributed by atoms with Crippen molar-refractivity contribution in [1.29, 1.82) is 0 Å². The van der Waals surface area contributed by atoms with Crippen LogP contribution in [0.5, 0.6) is 0 Å². The average Bonchev–Trinajstić information content (AvgIpc) is 3.52. The summed E-state index contributed by atoms with van der Waals surface area (Å²) in [7, 11) is 0. The third-order valence-corrected chi connectivity index (χ3v) is 14.2. The molecule has 0 aliphatic heterocycles. The van der Waals surface area contributed by atoms with Crippen LogP contribution in [0.2, 0.25) is 0 Å². The van der Waals surface area contributed by atoms with Gasteiger partial charge in [0.05, 0.1) is 11.5 Å². The van der Waals surface area contributed by atoms with Crippen molar-refractivity contribution in [3.8, 4) is 0 Å². The Hall–Kier alpha value is -2.41. The summed E-state index contributed by atoms with van der Waals surface area (Å²) in [6.45, 7) is 10.7. The Kier molecular flexibility index (Phi) is 12.6. The summed E-state index contributed by atoms with van der Waals surface area (Å²) in [5.41, 5.74) is 1.59. The number of unbranched alkanes of at least 4 members (excludes halogenated alkanes) is 3. The van der Waals surface area contributed by atoms with E-state index in [1.165, 1.54) is 25.7 Å². The summed E-state index contributed by atoms with van der Waals surface area (Å²) in [6.07, 6.45) is 17.2. The third kappa shape index (κ3) is 8.07. The zero-order valence-electron chi connectivity index (χ0n) is 31.0. The van der Waals surface area contributed by atoms with Crippen LogP contribution >= 0.6 is 0 Å². The Bertz CT molecular complexity index is 1300. The van der Waals surface area contributed by atoms with Crippen molar-refractivity contribution in [3.05, 3.63) is 35.4 Å². The zero-order valence-corrected chi connectivity index (χ0v) is 31.0. The molecule has 4 saturated carbocycles. The lowest BCUT2D eigenvalue weighted by Gasteiger charge is -2.65. The van der Waals surface area contributed by atoms with Gasteiger partial charge in [-0.15, -0.1) is 0 Å². The third-order valence-electron chi connectivity index (χ3n) is 14.2. The maximum Gasteiger partial charge on any atom is 0.303 e. The smallest absolute Gasteiger partial charge is 0.303 e. The molecule has 8 atom stereocenters. The van der Waals surface area contributed by atoms with E-state index in [-0.39, 0.29) is 40.6 Å². The highest BCUT2D eigenvalue weighted by Crippen LogP contribution is 2.69. The molecule has 0 heterocycles. The summed E-state index contributed by atoms with van der Waals surface area (Å²) < 4.78 is 0. The van der Waals surface area contributed by atoms with Crippen LogP contribution in [0.1, 0.15) is 153 Å². The van der Waals surface area contributed by atoms with Gasteiger partial charge in [0.1, 0.15) is 0 Å². The molecule has 0 saturated heterocycles. The van der Waals surface area contributed by atoms with Crippen molar-refractivity contribution in [3.63, 3.8) is 0 Å². The Morgan fingerprint density at radius 3 is 2.41 bits per heavy atom. The van der Waals surface area contributed by atoms with Gasteiger partial charge in [0, 0.05) is 25.1 Å². The predicted molar refractivity (Wildman–Crippen MR) is 195 cm³/mol. The van der Waals surface area contributed by atoms with Gasteiger partial charge in [0.25, 0.3) is 5.91 Å². The molecule has 0 spiro atoms. The first-order chi connectivity index (χ1) is 23.4. The zero-order chi connectivity index (χ0) is 35.2. The average molecular weight is 679 g/mol. The monoisotopic (exact) mass is 678 g/mol. The van der Waals surface area contributed by atoms with Crippen LogP contribution in [0, 0.1) is 45.8 Å². The molecule has 8 unspecified atom stereocenters. The van der Waals surface area contributed by atoms with Gasteiger partial charge in [-0.25, -0.2) is 0 Å². The lowest BCUT2D eigenvalue weighted by molar-refractivity contribution is -0.187. The lowest BCUT2D eigenvalue weighted by Crippen LogP contribution is -2.61. The molecule has 5 rings (SSSR count). The van der Waals surface area contributed by atoms with Crippen molar-refractivity contribution in [2.75, 3.05) is 13.1 Å². The molecule has 4 fully saturated rings. The van der Waals surface area contributed by atoms with Crippen LogP contribution in [0.4, 0.5) is 0 Å². The molecule has 1 aromatic carbocycles. The Morgan fingerprint density at radius 1 is 0.857 bits per heavy atom. The number of carbonyl (C=O) groups excluding carboxylic acids is 2. The number of aliphatic hydroxyl groups excluding tert-OH is 1. The highest BCUT2D eigenvalue weighted by molar-refractivity contribution is 5.95. The largest absolute Gasteiger partial charge is 0.481 e. The first-order valence-electron chi connectivity index (χ1n) is 20.0. The van der Waals surface area contributed by atoms with E-state index < -0.39 is 5.97 Å². The molecule has 4 aliphatic carbocycles. The number of aliphatic carboxylic acids is 1. The van der Waals surface area contributed by atoms with E-state index >= 15 is 0 Å². The minimum Gasteiger partial charge on any atom is -0.481 e. The number of benzene rings is 1. The van der Waals surface area contributed by atoms with Crippen LogP contribution in [0.15, 0.2) is 24.3 Å². The van der Waals surface area contributed by atoms with Gasteiger partial charge < -0.3 is 20.8 Å². The number of carboxylic acids is 1. The van der Waals surface area contributed by atoms with E-state index in [1.54, 1.807) is 0 Å². The molecule has 49 heavy (non-hydrogen) atoms. The van der Waals surface area contributed by atoms with Crippen LogP contribution in [0.25, 0.3) is 0 Å². The molecule has 7 heteroatoms. The van der Waals surface area contributed by atoms with Crippen molar-refractivity contribution in [2.24, 2.45) is 45.8 Å². The van der Waals surface area contributed by atoms with Gasteiger partial charge >= 0.3 is 5.97 Å². The SMILES string of the molecule is CC(C)CCCC1(C)C(O)CCC2(C)C3CCC4(C(=O)NCCc5ccccc5C(=O)NCCCCCCC(=O)O)CCCC4C3CCC12. The van der Waals surface area contributed by atoms with Gasteiger partial charge in [-0.1, -0.05) is 78.0 Å². The van der Waals surface area contributed by atoms with Crippen molar-refractivity contribution in [1.82, 2.24) is 10.6 Å². The second-order valence-electron chi connectivity index (χ2n) is 17.4. The fourth-order valence-corrected chi connectivity index (χ4v) is 11.7. The molecule has 2 amide bonds. The second kappa shape index (κ2) is 16.3. The summed E-state index contributed by atoms with van der Waals surface area (Å²) in [6, 6.07) is 7.70. The number of hydrogen-bond acceptors (Lipinski definition) is 4. The van der Waals surface area contributed by atoms with Crippen LogP contribution < -0.4 is 10.6 Å². The maximum absolute atomic E-state index is 14.2. The summed E-state index contributed by atoms with van der Waals surface area (Å²) >= 11 is 0. The number of nitrogens with one attached hydrogen (secondary N) is 2. The summed E-state index contributed by atoms with van der Waals surface area (Å²) in [5.74, 6) is 2.34. The number of carboxylic acid groups (broad SMARTS) is 1. The molecule has 0 aromatic heterocycles. The van der Waals surface area contributed by atoms with E-state index in [0.29, 0.717) is 61.1 Å².